The van der Waals surface area contributed by atoms with Gasteiger partial charge >= 0.3 is 0 Å². The van der Waals surface area contributed by atoms with Crippen LogP contribution in [0, 0.1) is 6.92 Å². The van der Waals surface area contributed by atoms with Crippen LogP contribution in [0.25, 0.3) is 11.3 Å². The molecule has 1 aromatic carbocycles. The lowest BCUT2D eigenvalue weighted by molar-refractivity contribution is 0.766. The molecule has 0 saturated heterocycles. The number of nitrogens with one attached hydrogen (secondary N) is 1. The van der Waals surface area contributed by atoms with E-state index in [4.69, 9.17) is 0 Å². The molecule has 3 aromatic rings. The molecule has 0 bridgehead atoms. The zero-order valence-corrected chi connectivity index (χ0v) is 13.2. The number of aryl methyl sites for hydroxylation is 2. The molecule has 0 amide bonds. The van der Waals surface area contributed by atoms with Gasteiger partial charge in [0.1, 0.15) is 0 Å². The second-order valence-corrected chi connectivity index (χ2v) is 6.10. The molecule has 0 unspecified atom stereocenters. The number of hydrogen-bond donors (Lipinski definition) is 1. The largest absolute Gasteiger partial charge is 0.381 e. The van der Waals surface area contributed by atoms with Crippen LogP contribution in [-0.2, 0) is 13.1 Å². The lowest BCUT2D eigenvalue weighted by Gasteiger charge is -2.06. The van der Waals surface area contributed by atoms with E-state index in [1.165, 1.54) is 11.1 Å². The summed E-state index contributed by atoms with van der Waals surface area (Å²) in [5, 5.41) is 6.66. The Hall–Kier alpha value is -2.07. The highest BCUT2D eigenvalue weighted by atomic mass is 32.1. The van der Waals surface area contributed by atoms with Crippen LogP contribution >= 0.6 is 11.3 Å². The summed E-state index contributed by atoms with van der Waals surface area (Å²) >= 11 is 1.69. The fraction of sp³-hybridized carbons (Fsp3) is 0.235. The number of rotatable bonds is 5. The predicted octanol–water partition coefficient (Wildman–Crippen LogP) is 4.55. The fourth-order valence-electron chi connectivity index (χ4n) is 2.25. The van der Waals surface area contributed by atoms with Gasteiger partial charge in [0.25, 0.3) is 0 Å². The van der Waals surface area contributed by atoms with Crippen molar-refractivity contribution in [2.24, 2.45) is 0 Å². The molecule has 3 rings (SSSR count). The van der Waals surface area contributed by atoms with Crippen LogP contribution in [0.5, 0.6) is 0 Å². The normalized spacial score (nSPS) is 10.8. The highest BCUT2D eigenvalue weighted by Crippen LogP contribution is 2.23. The van der Waals surface area contributed by atoms with E-state index in [0.29, 0.717) is 0 Å². The predicted molar refractivity (Wildman–Crippen MR) is 89.7 cm³/mol. The highest BCUT2D eigenvalue weighted by molar-refractivity contribution is 7.09. The topological polar surface area (TPSA) is 29.9 Å². The Bertz CT molecular complexity index is 710. The molecule has 0 spiro atoms. The third kappa shape index (κ3) is 3.34. The summed E-state index contributed by atoms with van der Waals surface area (Å²) in [5.74, 6) is 0. The van der Waals surface area contributed by atoms with Crippen molar-refractivity contribution in [1.82, 2.24) is 9.55 Å². The van der Waals surface area contributed by atoms with E-state index >= 15 is 0 Å². The van der Waals surface area contributed by atoms with Crippen LogP contribution < -0.4 is 5.32 Å². The van der Waals surface area contributed by atoms with Crippen molar-refractivity contribution in [2.75, 3.05) is 5.32 Å². The summed E-state index contributed by atoms with van der Waals surface area (Å²) in [6.07, 6.45) is 4.30. The molecule has 0 fully saturated rings. The number of nitrogens with zero attached hydrogens (tertiary/aromatic N) is 2. The third-order valence-electron chi connectivity index (χ3n) is 3.47. The molecule has 21 heavy (non-hydrogen) atoms. The van der Waals surface area contributed by atoms with Gasteiger partial charge in [-0.3, -0.25) is 0 Å². The van der Waals surface area contributed by atoms with Gasteiger partial charge in [-0.15, -0.1) is 11.3 Å². The SMILES string of the molecule is CCn1ccc(CNc2ccc(-c3csc(C)n3)cc2)c1. The first-order valence-corrected chi connectivity index (χ1v) is 8.03. The molecule has 4 heteroatoms. The number of thiazole rings is 1. The maximum absolute atomic E-state index is 4.51. The van der Waals surface area contributed by atoms with E-state index in [1.54, 1.807) is 11.3 Å². The summed E-state index contributed by atoms with van der Waals surface area (Å²) in [6, 6.07) is 10.6. The van der Waals surface area contributed by atoms with E-state index in [2.05, 4.69) is 69.9 Å². The summed E-state index contributed by atoms with van der Waals surface area (Å²) in [7, 11) is 0. The Labute approximate surface area is 129 Å². The van der Waals surface area contributed by atoms with Crippen LogP contribution in [-0.4, -0.2) is 9.55 Å². The molecule has 1 N–H and O–H groups in total. The Morgan fingerprint density at radius 3 is 2.62 bits per heavy atom. The Morgan fingerprint density at radius 1 is 1.19 bits per heavy atom. The highest BCUT2D eigenvalue weighted by Gasteiger charge is 2.02. The molecule has 3 nitrogen and oxygen atoms in total. The van der Waals surface area contributed by atoms with Gasteiger partial charge in [-0.05, 0) is 37.6 Å². The number of aromatic nitrogens is 2. The minimum absolute atomic E-state index is 0.849. The summed E-state index contributed by atoms with van der Waals surface area (Å²) in [4.78, 5) is 4.51. The van der Waals surface area contributed by atoms with Crippen molar-refractivity contribution in [3.63, 3.8) is 0 Å². The van der Waals surface area contributed by atoms with Crippen molar-refractivity contribution in [2.45, 2.75) is 26.9 Å². The maximum Gasteiger partial charge on any atom is 0.0901 e. The van der Waals surface area contributed by atoms with Crippen molar-refractivity contribution < 1.29 is 0 Å². The molecule has 2 heterocycles. The van der Waals surface area contributed by atoms with Crippen molar-refractivity contribution in [1.29, 1.82) is 0 Å². The standard InChI is InChI=1S/C17H19N3S/c1-3-20-9-8-14(11-20)10-18-16-6-4-15(5-7-16)17-12-21-13(2)19-17/h4-9,11-12,18H,3,10H2,1-2H3. The lowest BCUT2D eigenvalue weighted by Crippen LogP contribution is -1.98. The number of benzene rings is 1. The van der Waals surface area contributed by atoms with Gasteiger partial charge in [-0.1, -0.05) is 12.1 Å². The van der Waals surface area contributed by atoms with Crippen molar-refractivity contribution >= 4 is 17.0 Å². The summed E-state index contributed by atoms with van der Waals surface area (Å²) < 4.78 is 2.19. The Morgan fingerprint density at radius 2 is 2.00 bits per heavy atom. The van der Waals surface area contributed by atoms with Gasteiger partial charge in [0.05, 0.1) is 10.7 Å². The van der Waals surface area contributed by atoms with Gasteiger partial charge in [0.2, 0.25) is 0 Å². The second-order valence-electron chi connectivity index (χ2n) is 5.03. The van der Waals surface area contributed by atoms with Crippen LogP contribution in [0.15, 0.2) is 48.1 Å². The van der Waals surface area contributed by atoms with Crippen LogP contribution in [0.3, 0.4) is 0 Å². The van der Waals surface area contributed by atoms with Crippen molar-refractivity contribution in [3.05, 3.63) is 58.7 Å². The zero-order chi connectivity index (χ0) is 14.7. The minimum Gasteiger partial charge on any atom is -0.381 e. The number of hydrogen-bond acceptors (Lipinski definition) is 3. The summed E-state index contributed by atoms with van der Waals surface area (Å²) in [6.45, 7) is 6.05. The molecular formula is C17H19N3S. The van der Waals surface area contributed by atoms with E-state index in [0.717, 1.165) is 29.5 Å². The average Bonchev–Trinajstić information content (AvgIpc) is 3.14. The quantitative estimate of drug-likeness (QED) is 0.748. The number of anilines is 1. The zero-order valence-electron chi connectivity index (χ0n) is 12.3. The first kappa shape index (κ1) is 13.9. The van der Waals surface area contributed by atoms with Crippen molar-refractivity contribution in [3.8, 4) is 11.3 Å². The van der Waals surface area contributed by atoms with Gasteiger partial charge in [-0.25, -0.2) is 4.98 Å². The molecule has 2 aromatic heterocycles. The molecule has 0 aliphatic carbocycles. The van der Waals surface area contributed by atoms with E-state index < -0.39 is 0 Å². The molecule has 0 atom stereocenters. The first-order chi connectivity index (χ1) is 10.2. The van der Waals surface area contributed by atoms with E-state index in [9.17, 15) is 0 Å². The van der Waals surface area contributed by atoms with Gasteiger partial charge in [0, 0.05) is 42.1 Å². The lowest BCUT2D eigenvalue weighted by atomic mass is 10.1. The molecular weight excluding hydrogens is 278 g/mol. The first-order valence-electron chi connectivity index (χ1n) is 7.15. The average molecular weight is 297 g/mol. The molecule has 0 radical (unpaired) electrons. The van der Waals surface area contributed by atoms with Crippen LogP contribution in [0.1, 0.15) is 17.5 Å². The van der Waals surface area contributed by atoms with E-state index in [-0.39, 0.29) is 0 Å². The monoisotopic (exact) mass is 297 g/mol. The molecule has 0 aliphatic rings. The van der Waals surface area contributed by atoms with Crippen LogP contribution in [0.4, 0.5) is 5.69 Å². The molecule has 0 aliphatic heterocycles. The minimum atomic E-state index is 0.849. The van der Waals surface area contributed by atoms with Gasteiger partial charge in [0.15, 0.2) is 0 Å². The Balaban J connectivity index is 1.64. The third-order valence-corrected chi connectivity index (χ3v) is 4.25. The van der Waals surface area contributed by atoms with Crippen LogP contribution in [0.2, 0.25) is 0 Å². The Kier molecular flexibility index (Phi) is 4.06. The summed E-state index contributed by atoms with van der Waals surface area (Å²) in [5.41, 5.74) is 4.66. The van der Waals surface area contributed by atoms with Gasteiger partial charge in [-0.2, -0.15) is 0 Å². The van der Waals surface area contributed by atoms with E-state index in [1.807, 2.05) is 6.92 Å². The second kappa shape index (κ2) is 6.14. The fourth-order valence-corrected chi connectivity index (χ4v) is 2.87. The van der Waals surface area contributed by atoms with Gasteiger partial charge < -0.3 is 9.88 Å². The maximum atomic E-state index is 4.51. The molecule has 0 saturated carbocycles. The molecule has 108 valence electrons. The smallest absolute Gasteiger partial charge is 0.0901 e.